The van der Waals surface area contributed by atoms with Gasteiger partial charge in [-0.3, -0.25) is 9.69 Å². The number of nitrogens with zero attached hydrogens (tertiary/aromatic N) is 2. The molecule has 36 heavy (non-hydrogen) atoms. The van der Waals surface area contributed by atoms with Crippen molar-refractivity contribution in [3.05, 3.63) is 59.2 Å². The molecule has 0 heterocycles. The quantitative estimate of drug-likeness (QED) is 0.388. The number of benzene rings is 2. The highest BCUT2D eigenvalue weighted by atomic mass is 16.5. The van der Waals surface area contributed by atoms with Crippen LogP contribution in [0.1, 0.15) is 55.1 Å². The Hall–Kier alpha value is -3.75. The molecule has 0 aromatic heterocycles. The highest BCUT2D eigenvalue weighted by molar-refractivity contribution is 6.04. The number of phenols is 1. The summed E-state index contributed by atoms with van der Waals surface area (Å²) in [6, 6.07) is 11.5. The van der Waals surface area contributed by atoms with Crippen LogP contribution in [-0.4, -0.2) is 64.8 Å². The zero-order valence-corrected chi connectivity index (χ0v) is 21.5. The molecule has 196 valence electrons. The maximum Gasteiger partial charge on any atom is 0.404 e. The number of amides is 4. The Balaban J connectivity index is 2.29. The van der Waals surface area contributed by atoms with Crippen LogP contribution in [0.3, 0.4) is 0 Å². The number of methoxy groups -OCH3 is 1. The van der Waals surface area contributed by atoms with Gasteiger partial charge in [-0.2, -0.15) is 0 Å². The number of imide groups is 1. The van der Waals surface area contributed by atoms with Gasteiger partial charge in [-0.05, 0) is 48.1 Å². The predicted octanol–water partition coefficient (Wildman–Crippen LogP) is 4.73. The number of ether oxygens (including phenoxy) is 1. The van der Waals surface area contributed by atoms with Crippen molar-refractivity contribution in [2.24, 2.45) is 5.92 Å². The number of carbonyl (C=O) groups excluding carboxylic acids is 2. The molecule has 0 bridgehead atoms. The number of hydrogen-bond acceptors (Lipinski definition) is 5. The standard InChI is InChI=1S/C27H37N3O6/c1-5-14-29(15-13-21-10-8-12-23(36-4)24(21)31)27(35)30(18-19(3)6-2)25(32)22-11-7-9-20(16-22)17-28-26(33)34/h7-12,16,19,28,31H,5-6,13-15,17-18H2,1-4H3,(H,33,34). The summed E-state index contributed by atoms with van der Waals surface area (Å²) >= 11 is 0. The van der Waals surface area contributed by atoms with Gasteiger partial charge in [0.25, 0.3) is 5.91 Å². The minimum Gasteiger partial charge on any atom is -0.504 e. The van der Waals surface area contributed by atoms with E-state index in [1.807, 2.05) is 20.8 Å². The second-order valence-electron chi connectivity index (χ2n) is 8.78. The summed E-state index contributed by atoms with van der Waals surface area (Å²) in [5.74, 6) is 0.0819. The van der Waals surface area contributed by atoms with E-state index in [0.717, 1.165) is 6.42 Å². The van der Waals surface area contributed by atoms with Crippen molar-refractivity contribution in [3.8, 4) is 11.5 Å². The summed E-state index contributed by atoms with van der Waals surface area (Å²) in [5, 5.41) is 21.6. The molecule has 0 saturated heterocycles. The molecule has 9 nitrogen and oxygen atoms in total. The number of aromatic hydroxyl groups is 1. The van der Waals surface area contributed by atoms with Gasteiger partial charge >= 0.3 is 12.1 Å². The first kappa shape index (κ1) is 28.5. The lowest BCUT2D eigenvalue weighted by Gasteiger charge is -2.31. The lowest BCUT2D eigenvalue weighted by Crippen LogP contribution is -2.48. The highest BCUT2D eigenvalue weighted by Gasteiger charge is 2.28. The fourth-order valence-electron chi connectivity index (χ4n) is 3.77. The van der Waals surface area contributed by atoms with Crippen LogP contribution in [0.15, 0.2) is 42.5 Å². The molecule has 0 radical (unpaired) electrons. The van der Waals surface area contributed by atoms with E-state index in [4.69, 9.17) is 9.84 Å². The Morgan fingerprint density at radius 1 is 1.08 bits per heavy atom. The molecule has 0 saturated carbocycles. The lowest BCUT2D eigenvalue weighted by molar-refractivity contribution is 0.0735. The Bertz CT molecular complexity index is 1040. The molecule has 9 heteroatoms. The van der Waals surface area contributed by atoms with Gasteiger partial charge in [0.05, 0.1) is 7.11 Å². The van der Waals surface area contributed by atoms with Crippen LogP contribution in [0.2, 0.25) is 0 Å². The normalized spacial score (nSPS) is 11.4. The summed E-state index contributed by atoms with van der Waals surface area (Å²) < 4.78 is 5.18. The minimum atomic E-state index is -1.16. The van der Waals surface area contributed by atoms with Crippen molar-refractivity contribution in [1.82, 2.24) is 15.1 Å². The molecule has 2 aromatic carbocycles. The van der Waals surface area contributed by atoms with Crippen LogP contribution in [0, 0.1) is 5.92 Å². The maximum atomic E-state index is 13.7. The van der Waals surface area contributed by atoms with Gasteiger partial charge in [0.15, 0.2) is 11.5 Å². The predicted molar refractivity (Wildman–Crippen MR) is 137 cm³/mol. The largest absolute Gasteiger partial charge is 0.504 e. The van der Waals surface area contributed by atoms with E-state index in [1.165, 1.54) is 12.0 Å². The lowest BCUT2D eigenvalue weighted by atomic mass is 10.1. The zero-order valence-electron chi connectivity index (χ0n) is 21.5. The Kier molecular flexibility index (Phi) is 11.1. The van der Waals surface area contributed by atoms with Crippen LogP contribution in [0.4, 0.5) is 9.59 Å². The van der Waals surface area contributed by atoms with E-state index in [9.17, 15) is 19.5 Å². The number of para-hydroxylation sites is 1. The van der Waals surface area contributed by atoms with E-state index < -0.39 is 18.0 Å². The number of nitrogens with one attached hydrogen (secondary N) is 1. The minimum absolute atomic E-state index is 0.0446. The van der Waals surface area contributed by atoms with Gasteiger partial charge in [0, 0.05) is 31.7 Å². The second-order valence-corrected chi connectivity index (χ2v) is 8.78. The molecular formula is C27H37N3O6. The van der Waals surface area contributed by atoms with E-state index in [0.29, 0.717) is 48.4 Å². The van der Waals surface area contributed by atoms with Gasteiger partial charge < -0.3 is 25.2 Å². The molecule has 0 fully saturated rings. The third-order valence-corrected chi connectivity index (χ3v) is 6.00. The molecule has 0 aliphatic carbocycles. The fraction of sp³-hybridized carbons (Fsp3) is 0.444. The maximum absolute atomic E-state index is 13.7. The summed E-state index contributed by atoms with van der Waals surface area (Å²) in [6.07, 6.45) is 0.747. The average molecular weight is 500 g/mol. The van der Waals surface area contributed by atoms with Crippen LogP contribution < -0.4 is 10.1 Å². The molecule has 1 unspecified atom stereocenters. The van der Waals surface area contributed by atoms with Crippen LogP contribution in [-0.2, 0) is 13.0 Å². The first-order chi connectivity index (χ1) is 17.2. The van der Waals surface area contributed by atoms with E-state index in [1.54, 1.807) is 47.4 Å². The Labute approximate surface area is 212 Å². The van der Waals surface area contributed by atoms with Crippen molar-refractivity contribution in [2.45, 2.75) is 46.6 Å². The van der Waals surface area contributed by atoms with E-state index in [2.05, 4.69) is 5.32 Å². The smallest absolute Gasteiger partial charge is 0.404 e. The van der Waals surface area contributed by atoms with Gasteiger partial charge in [-0.25, -0.2) is 9.59 Å². The first-order valence-electron chi connectivity index (χ1n) is 12.2. The zero-order chi connectivity index (χ0) is 26.7. The first-order valence-corrected chi connectivity index (χ1v) is 12.2. The number of carboxylic acid groups (broad SMARTS) is 1. The van der Waals surface area contributed by atoms with Crippen molar-refractivity contribution >= 4 is 18.0 Å². The summed E-state index contributed by atoms with van der Waals surface area (Å²) in [6.45, 7) is 7.04. The number of rotatable bonds is 12. The van der Waals surface area contributed by atoms with Crippen molar-refractivity contribution in [3.63, 3.8) is 0 Å². The van der Waals surface area contributed by atoms with Gasteiger partial charge in [0.1, 0.15) is 0 Å². The average Bonchev–Trinajstić information content (AvgIpc) is 2.88. The molecule has 4 amide bonds. The third kappa shape index (κ3) is 7.90. The molecule has 1 atom stereocenters. The summed E-state index contributed by atoms with van der Waals surface area (Å²) in [7, 11) is 1.48. The Morgan fingerprint density at radius 3 is 2.44 bits per heavy atom. The van der Waals surface area contributed by atoms with Crippen molar-refractivity contribution < 1.29 is 29.3 Å². The van der Waals surface area contributed by atoms with Crippen LogP contribution in [0.5, 0.6) is 11.5 Å². The second kappa shape index (κ2) is 14.0. The Morgan fingerprint density at radius 2 is 1.81 bits per heavy atom. The summed E-state index contributed by atoms with van der Waals surface area (Å²) in [4.78, 5) is 41.0. The number of urea groups is 1. The monoisotopic (exact) mass is 499 g/mol. The third-order valence-electron chi connectivity index (χ3n) is 6.00. The topological polar surface area (TPSA) is 119 Å². The highest BCUT2D eigenvalue weighted by Crippen LogP contribution is 2.29. The van der Waals surface area contributed by atoms with Gasteiger partial charge in [-0.15, -0.1) is 0 Å². The number of carbonyl (C=O) groups is 3. The van der Waals surface area contributed by atoms with E-state index >= 15 is 0 Å². The SMILES string of the molecule is CCCN(CCc1cccc(OC)c1O)C(=O)N(CC(C)CC)C(=O)c1cccc(CNC(=O)O)c1. The molecule has 0 aliphatic heterocycles. The molecular weight excluding hydrogens is 462 g/mol. The summed E-state index contributed by atoms with van der Waals surface area (Å²) in [5.41, 5.74) is 1.60. The molecule has 0 aliphatic rings. The number of phenolic OH excluding ortho intramolecular Hbond substituents is 1. The number of hydrogen-bond donors (Lipinski definition) is 3. The fourth-order valence-corrected chi connectivity index (χ4v) is 3.77. The van der Waals surface area contributed by atoms with Gasteiger partial charge in [0.2, 0.25) is 0 Å². The molecule has 2 rings (SSSR count). The van der Waals surface area contributed by atoms with Gasteiger partial charge in [-0.1, -0.05) is 51.5 Å². The van der Waals surface area contributed by atoms with Crippen LogP contribution >= 0.6 is 0 Å². The molecule has 0 spiro atoms. The molecule has 3 N–H and O–H groups in total. The van der Waals surface area contributed by atoms with E-state index in [-0.39, 0.29) is 24.8 Å². The van der Waals surface area contributed by atoms with Crippen molar-refractivity contribution in [2.75, 3.05) is 26.7 Å². The van der Waals surface area contributed by atoms with Crippen molar-refractivity contribution in [1.29, 1.82) is 0 Å². The van der Waals surface area contributed by atoms with Crippen LogP contribution in [0.25, 0.3) is 0 Å². The molecule has 2 aromatic rings.